The average molecular weight is 490 g/mol. The van der Waals surface area contributed by atoms with Crippen LogP contribution in [-0.4, -0.2) is 59.2 Å². The summed E-state index contributed by atoms with van der Waals surface area (Å²) in [5.74, 6) is 0.825. The van der Waals surface area contributed by atoms with E-state index in [4.69, 9.17) is 4.74 Å². The number of likely N-dealkylation sites (tertiary alicyclic amines) is 1. The summed E-state index contributed by atoms with van der Waals surface area (Å²) < 4.78 is 19.5. The Labute approximate surface area is 209 Å². The summed E-state index contributed by atoms with van der Waals surface area (Å²) in [5, 5.41) is 11.0. The van der Waals surface area contributed by atoms with Crippen LogP contribution in [-0.2, 0) is 4.79 Å². The third-order valence-electron chi connectivity index (χ3n) is 6.67. The fourth-order valence-corrected chi connectivity index (χ4v) is 4.68. The summed E-state index contributed by atoms with van der Waals surface area (Å²) in [4.78, 5) is 29.2. The molecule has 8 nitrogen and oxygen atoms in total. The van der Waals surface area contributed by atoms with E-state index in [9.17, 15) is 14.0 Å². The number of hydrogen-bond donors (Lipinski definition) is 1. The van der Waals surface area contributed by atoms with Gasteiger partial charge in [0.2, 0.25) is 5.91 Å². The van der Waals surface area contributed by atoms with Gasteiger partial charge in [-0.2, -0.15) is 5.10 Å². The van der Waals surface area contributed by atoms with Gasteiger partial charge in [-0.05, 0) is 61.0 Å². The topological polar surface area (TPSA) is 87.7 Å². The minimum absolute atomic E-state index is 0.00689. The molecule has 1 N–H and O–H groups in total. The Morgan fingerprint density at radius 2 is 1.78 bits per heavy atom. The van der Waals surface area contributed by atoms with Gasteiger partial charge in [-0.3, -0.25) is 9.59 Å². The number of anilines is 2. The van der Waals surface area contributed by atoms with Gasteiger partial charge in [-0.25, -0.2) is 4.39 Å². The first-order chi connectivity index (χ1) is 17.5. The first kappa shape index (κ1) is 23.7. The summed E-state index contributed by atoms with van der Waals surface area (Å²) in [6.07, 6.45) is 3.79. The number of aromatic nitrogens is 2. The molecule has 0 unspecified atom stereocenters. The first-order valence-electron chi connectivity index (χ1n) is 12.2. The van der Waals surface area contributed by atoms with Gasteiger partial charge in [-0.1, -0.05) is 6.07 Å². The number of nitrogens with one attached hydrogen (secondary N) is 1. The van der Waals surface area contributed by atoms with Crippen molar-refractivity contribution in [2.75, 3.05) is 36.4 Å². The Morgan fingerprint density at radius 3 is 2.50 bits per heavy atom. The summed E-state index contributed by atoms with van der Waals surface area (Å²) in [6, 6.07) is 16.9. The van der Waals surface area contributed by atoms with Gasteiger partial charge < -0.3 is 19.9 Å². The number of halogens is 1. The smallest absolute Gasteiger partial charge is 0.253 e. The number of benzene rings is 2. The van der Waals surface area contributed by atoms with Gasteiger partial charge in [-0.15, -0.1) is 5.10 Å². The zero-order chi connectivity index (χ0) is 24.9. The van der Waals surface area contributed by atoms with Crippen molar-refractivity contribution in [2.24, 2.45) is 5.92 Å². The van der Waals surface area contributed by atoms with Crippen molar-refractivity contribution in [1.29, 1.82) is 0 Å². The van der Waals surface area contributed by atoms with Gasteiger partial charge >= 0.3 is 0 Å². The summed E-state index contributed by atoms with van der Waals surface area (Å²) >= 11 is 0. The van der Waals surface area contributed by atoms with Crippen LogP contribution in [0.3, 0.4) is 0 Å². The predicted octanol–water partition coefficient (Wildman–Crippen LogP) is 3.76. The quantitative estimate of drug-likeness (QED) is 0.567. The van der Waals surface area contributed by atoms with Gasteiger partial charge in [0.25, 0.3) is 5.91 Å². The van der Waals surface area contributed by atoms with Crippen molar-refractivity contribution in [3.63, 3.8) is 0 Å². The molecule has 2 aliphatic rings. The molecule has 0 bridgehead atoms. The van der Waals surface area contributed by atoms with E-state index in [1.54, 1.807) is 23.2 Å². The van der Waals surface area contributed by atoms with E-state index in [2.05, 4.69) is 20.4 Å². The van der Waals surface area contributed by atoms with E-state index in [0.29, 0.717) is 38.0 Å². The van der Waals surface area contributed by atoms with Gasteiger partial charge in [0, 0.05) is 56.5 Å². The molecular weight excluding hydrogens is 461 g/mol. The predicted molar refractivity (Wildman–Crippen MR) is 133 cm³/mol. The molecule has 1 aromatic heterocycles. The molecule has 3 aromatic rings. The number of nitrogens with zero attached hydrogens (tertiary/aromatic N) is 4. The standard InChI is InChI=1S/C27H28FN5O3/c28-21-4-1-3-19(17-21)27(35)32-15-11-24(12-16-32)36-23-8-6-22(7-9-23)30-26(34)20-10-14-33(18-20)25-5-2-13-29-31-25/h1-9,13,17,20,24H,10-12,14-16,18H2,(H,30,34)/t20-/m0/s1. The molecule has 2 aliphatic heterocycles. The Balaban J connectivity index is 1.08. The minimum atomic E-state index is -0.411. The van der Waals surface area contributed by atoms with E-state index >= 15 is 0 Å². The molecule has 0 aliphatic carbocycles. The van der Waals surface area contributed by atoms with E-state index < -0.39 is 5.82 Å². The summed E-state index contributed by atoms with van der Waals surface area (Å²) in [5.41, 5.74) is 1.09. The van der Waals surface area contributed by atoms with Crippen molar-refractivity contribution >= 4 is 23.3 Å². The van der Waals surface area contributed by atoms with Gasteiger partial charge in [0.1, 0.15) is 17.7 Å². The number of hydrogen-bond acceptors (Lipinski definition) is 6. The molecule has 2 aromatic carbocycles. The van der Waals surface area contributed by atoms with Crippen LogP contribution in [0, 0.1) is 11.7 Å². The molecule has 2 amide bonds. The van der Waals surface area contributed by atoms with Crippen molar-refractivity contribution in [1.82, 2.24) is 15.1 Å². The van der Waals surface area contributed by atoms with Crippen molar-refractivity contribution in [3.05, 3.63) is 78.2 Å². The molecular formula is C27H28FN5O3. The Hall–Kier alpha value is -4.01. The molecule has 1 atom stereocenters. The van der Waals surface area contributed by atoms with E-state index in [-0.39, 0.29) is 23.8 Å². The van der Waals surface area contributed by atoms with E-state index in [0.717, 1.165) is 30.2 Å². The molecule has 5 rings (SSSR count). The molecule has 2 saturated heterocycles. The van der Waals surface area contributed by atoms with Gasteiger partial charge in [0.15, 0.2) is 5.82 Å². The lowest BCUT2D eigenvalue weighted by atomic mass is 10.1. The lowest BCUT2D eigenvalue weighted by molar-refractivity contribution is -0.119. The highest BCUT2D eigenvalue weighted by molar-refractivity contribution is 5.94. The molecule has 9 heteroatoms. The molecule has 0 saturated carbocycles. The van der Waals surface area contributed by atoms with Crippen molar-refractivity contribution < 1.29 is 18.7 Å². The molecule has 2 fully saturated rings. The zero-order valence-electron chi connectivity index (χ0n) is 19.8. The third-order valence-corrected chi connectivity index (χ3v) is 6.67. The molecule has 36 heavy (non-hydrogen) atoms. The lowest BCUT2D eigenvalue weighted by Crippen LogP contribution is -2.41. The normalized spacial score (nSPS) is 18.2. The number of piperidine rings is 1. The van der Waals surface area contributed by atoms with Crippen LogP contribution in [0.5, 0.6) is 5.75 Å². The van der Waals surface area contributed by atoms with Crippen molar-refractivity contribution in [3.8, 4) is 5.75 Å². The maximum absolute atomic E-state index is 13.4. The second-order valence-electron chi connectivity index (χ2n) is 9.15. The van der Waals surface area contributed by atoms with Crippen LogP contribution < -0.4 is 15.0 Å². The Kier molecular flexibility index (Phi) is 7.06. The highest BCUT2D eigenvalue weighted by atomic mass is 19.1. The SMILES string of the molecule is O=C(Nc1ccc(OC2CCN(C(=O)c3cccc(F)c3)CC2)cc1)[C@H]1CCN(c2cccnn2)C1. The molecule has 0 radical (unpaired) electrons. The largest absolute Gasteiger partial charge is 0.490 e. The second-order valence-corrected chi connectivity index (χ2v) is 9.15. The lowest BCUT2D eigenvalue weighted by Gasteiger charge is -2.32. The van der Waals surface area contributed by atoms with E-state index in [1.165, 1.54) is 12.1 Å². The van der Waals surface area contributed by atoms with Crippen molar-refractivity contribution in [2.45, 2.75) is 25.4 Å². The van der Waals surface area contributed by atoms with Crippen LogP contribution in [0.4, 0.5) is 15.9 Å². The second kappa shape index (κ2) is 10.7. The first-order valence-corrected chi connectivity index (χ1v) is 12.2. The maximum atomic E-state index is 13.4. The van der Waals surface area contributed by atoms with Crippen LogP contribution in [0.25, 0.3) is 0 Å². The highest BCUT2D eigenvalue weighted by Crippen LogP contribution is 2.25. The number of carbonyl (C=O) groups is 2. The fraction of sp³-hybridized carbons (Fsp3) is 0.333. The fourth-order valence-electron chi connectivity index (χ4n) is 4.68. The van der Waals surface area contributed by atoms with Crippen LogP contribution in [0.15, 0.2) is 66.9 Å². The molecule has 186 valence electrons. The van der Waals surface area contributed by atoms with Crippen LogP contribution in [0.1, 0.15) is 29.6 Å². The Bertz CT molecular complexity index is 1200. The number of ether oxygens (including phenoxy) is 1. The third kappa shape index (κ3) is 5.62. The van der Waals surface area contributed by atoms with Crippen LogP contribution >= 0.6 is 0 Å². The zero-order valence-corrected chi connectivity index (χ0v) is 19.8. The van der Waals surface area contributed by atoms with Gasteiger partial charge in [0.05, 0.1) is 5.92 Å². The summed E-state index contributed by atoms with van der Waals surface area (Å²) in [7, 11) is 0. The minimum Gasteiger partial charge on any atom is -0.490 e. The summed E-state index contributed by atoms with van der Waals surface area (Å²) in [6.45, 7) is 2.50. The molecule has 3 heterocycles. The number of amides is 2. The Morgan fingerprint density at radius 1 is 0.972 bits per heavy atom. The average Bonchev–Trinajstić information content (AvgIpc) is 3.41. The molecule has 0 spiro atoms. The highest BCUT2D eigenvalue weighted by Gasteiger charge is 2.29. The maximum Gasteiger partial charge on any atom is 0.253 e. The number of carbonyl (C=O) groups excluding carboxylic acids is 2. The van der Waals surface area contributed by atoms with Crippen LogP contribution in [0.2, 0.25) is 0 Å². The van der Waals surface area contributed by atoms with E-state index in [1.807, 2.05) is 36.4 Å². The number of rotatable bonds is 6. The monoisotopic (exact) mass is 489 g/mol.